The Labute approximate surface area is 99.1 Å². The second-order valence-electron chi connectivity index (χ2n) is 3.82. The summed E-state index contributed by atoms with van der Waals surface area (Å²) in [6.07, 6.45) is 5.85. The molecule has 1 fully saturated rings. The molecule has 1 rings (SSSR count). The van der Waals surface area contributed by atoms with E-state index in [1.807, 2.05) is 0 Å². The van der Waals surface area contributed by atoms with Gasteiger partial charge in [-0.25, -0.2) is 0 Å². The third kappa shape index (κ3) is 4.38. The smallest absolute Gasteiger partial charge is 0.772 e. The molecule has 0 spiro atoms. The Balaban J connectivity index is 0.00000121. The van der Waals surface area contributed by atoms with Crippen LogP contribution in [0.3, 0.4) is 0 Å². The standard InChI is InChI=1S/C8H16O2S.Na/c1-8(7-11(9)10)5-3-2-4-6-8;/h2-7H2,1H3,(H,9,10);/q;+1/p-1. The van der Waals surface area contributed by atoms with Crippen LogP contribution in [0.25, 0.3) is 0 Å². The molecule has 0 radical (unpaired) electrons. The van der Waals surface area contributed by atoms with Crippen molar-refractivity contribution in [2.45, 2.75) is 39.0 Å². The number of hydrogen-bond donors (Lipinski definition) is 0. The van der Waals surface area contributed by atoms with E-state index in [1.165, 1.54) is 19.3 Å². The summed E-state index contributed by atoms with van der Waals surface area (Å²) in [5, 5.41) is 0. The van der Waals surface area contributed by atoms with E-state index in [-0.39, 0.29) is 35.0 Å². The molecular formula is C8H15NaO2S. The van der Waals surface area contributed by atoms with E-state index in [0.29, 0.717) is 5.75 Å². The molecular weight excluding hydrogens is 183 g/mol. The first-order valence-corrected chi connectivity index (χ1v) is 5.43. The average molecular weight is 198 g/mol. The summed E-state index contributed by atoms with van der Waals surface area (Å²) in [7, 11) is 0. The van der Waals surface area contributed by atoms with Crippen molar-refractivity contribution in [2.75, 3.05) is 5.75 Å². The van der Waals surface area contributed by atoms with Crippen LogP contribution in [0, 0.1) is 5.41 Å². The first-order valence-electron chi connectivity index (χ1n) is 4.18. The molecule has 1 saturated carbocycles. The van der Waals surface area contributed by atoms with Crippen LogP contribution in [-0.4, -0.2) is 14.5 Å². The third-order valence-corrected chi connectivity index (χ3v) is 3.46. The minimum absolute atomic E-state index is 0. The van der Waals surface area contributed by atoms with Gasteiger partial charge in [-0.15, -0.1) is 0 Å². The molecule has 1 atom stereocenters. The van der Waals surface area contributed by atoms with Gasteiger partial charge in [-0.3, -0.25) is 4.21 Å². The van der Waals surface area contributed by atoms with Gasteiger partial charge in [-0.05, 0) is 18.3 Å². The summed E-state index contributed by atoms with van der Waals surface area (Å²) in [5.74, 6) is 0.354. The van der Waals surface area contributed by atoms with E-state index in [1.54, 1.807) is 0 Å². The second kappa shape index (κ2) is 5.76. The molecule has 0 amide bonds. The van der Waals surface area contributed by atoms with Crippen molar-refractivity contribution in [3.8, 4) is 0 Å². The largest absolute Gasteiger partial charge is 1.00 e. The van der Waals surface area contributed by atoms with Crippen molar-refractivity contribution >= 4 is 11.1 Å². The summed E-state index contributed by atoms with van der Waals surface area (Å²) >= 11 is -1.85. The van der Waals surface area contributed by atoms with Gasteiger partial charge in [0.15, 0.2) is 0 Å². The Bertz CT molecular complexity index is 155. The van der Waals surface area contributed by atoms with Gasteiger partial charge in [0, 0.05) is 5.75 Å². The van der Waals surface area contributed by atoms with Gasteiger partial charge in [0.1, 0.15) is 0 Å². The Morgan fingerprint density at radius 2 is 1.83 bits per heavy atom. The minimum Gasteiger partial charge on any atom is -0.772 e. The summed E-state index contributed by atoms with van der Waals surface area (Å²) in [4.78, 5) is 0. The third-order valence-electron chi connectivity index (χ3n) is 2.53. The van der Waals surface area contributed by atoms with E-state index in [9.17, 15) is 8.76 Å². The SMILES string of the molecule is CC1(CS(=O)[O-])CCCCC1.[Na+]. The molecule has 0 aliphatic heterocycles. The first kappa shape index (κ1) is 13.1. The van der Waals surface area contributed by atoms with Crippen LogP contribution in [0.1, 0.15) is 39.0 Å². The maximum atomic E-state index is 10.5. The van der Waals surface area contributed by atoms with Gasteiger partial charge in [0.2, 0.25) is 0 Å². The molecule has 0 saturated heterocycles. The van der Waals surface area contributed by atoms with Gasteiger partial charge in [-0.2, -0.15) is 0 Å². The van der Waals surface area contributed by atoms with E-state index in [0.717, 1.165) is 12.8 Å². The van der Waals surface area contributed by atoms with E-state index >= 15 is 0 Å². The van der Waals surface area contributed by atoms with E-state index in [4.69, 9.17) is 0 Å². The molecule has 0 heterocycles. The fraction of sp³-hybridized carbons (Fsp3) is 1.00. The molecule has 4 heteroatoms. The van der Waals surface area contributed by atoms with Crippen LogP contribution in [-0.2, 0) is 11.1 Å². The number of hydrogen-bond acceptors (Lipinski definition) is 2. The molecule has 1 aliphatic carbocycles. The van der Waals surface area contributed by atoms with Crippen molar-refractivity contribution in [1.82, 2.24) is 0 Å². The fourth-order valence-electron chi connectivity index (χ4n) is 1.83. The number of rotatable bonds is 2. The summed E-state index contributed by atoms with van der Waals surface area (Å²) in [6.45, 7) is 2.09. The quantitative estimate of drug-likeness (QED) is 0.415. The first-order chi connectivity index (χ1) is 5.12. The van der Waals surface area contributed by atoms with Gasteiger partial charge < -0.3 is 4.55 Å². The van der Waals surface area contributed by atoms with Crippen molar-refractivity contribution in [1.29, 1.82) is 0 Å². The van der Waals surface area contributed by atoms with Crippen LogP contribution >= 0.6 is 0 Å². The Morgan fingerprint density at radius 3 is 2.25 bits per heavy atom. The van der Waals surface area contributed by atoms with E-state index < -0.39 is 11.1 Å². The molecule has 0 aromatic heterocycles. The topological polar surface area (TPSA) is 40.1 Å². The monoisotopic (exact) mass is 198 g/mol. The van der Waals surface area contributed by atoms with Gasteiger partial charge >= 0.3 is 29.6 Å². The van der Waals surface area contributed by atoms with Gasteiger partial charge in [0.25, 0.3) is 0 Å². The van der Waals surface area contributed by atoms with Crippen LogP contribution in [0.5, 0.6) is 0 Å². The van der Waals surface area contributed by atoms with Crippen LogP contribution < -0.4 is 29.6 Å². The molecule has 12 heavy (non-hydrogen) atoms. The Morgan fingerprint density at radius 1 is 1.33 bits per heavy atom. The maximum absolute atomic E-state index is 10.5. The summed E-state index contributed by atoms with van der Waals surface area (Å²) in [5.41, 5.74) is 0.0882. The van der Waals surface area contributed by atoms with Crippen molar-refractivity contribution < 1.29 is 38.3 Å². The maximum Gasteiger partial charge on any atom is 1.00 e. The fourth-order valence-corrected chi connectivity index (χ4v) is 2.69. The van der Waals surface area contributed by atoms with Crippen molar-refractivity contribution in [3.63, 3.8) is 0 Å². The average Bonchev–Trinajstić information content (AvgIpc) is 1.85. The van der Waals surface area contributed by atoms with Crippen LogP contribution in [0.2, 0.25) is 0 Å². The van der Waals surface area contributed by atoms with Gasteiger partial charge in [0.05, 0.1) is 0 Å². The van der Waals surface area contributed by atoms with Crippen molar-refractivity contribution in [2.24, 2.45) is 5.41 Å². The Kier molecular flexibility index (Phi) is 6.29. The molecule has 0 N–H and O–H groups in total. The molecule has 2 nitrogen and oxygen atoms in total. The van der Waals surface area contributed by atoms with Crippen molar-refractivity contribution in [3.05, 3.63) is 0 Å². The molecule has 1 unspecified atom stereocenters. The molecule has 0 bridgehead atoms. The zero-order valence-corrected chi connectivity index (χ0v) is 10.8. The molecule has 0 aromatic rings. The zero-order valence-electron chi connectivity index (χ0n) is 7.97. The predicted octanol–water partition coefficient (Wildman–Crippen LogP) is -1.16. The van der Waals surface area contributed by atoms with E-state index in [2.05, 4.69) is 6.92 Å². The molecule has 0 aromatic carbocycles. The Hall–Kier alpha value is 1.11. The zero-order chi connectivity index (χ0) is 8.32. The van der Waals surface area contributed by atoms with Crippen LogP contribution in [0.15, 0.2) is 0 Å². The van der Waals surface area contributed by atoms with Gasteiger partial charge in [-0.1, -0.05) is 37.3 Å². The molecule has 1 aliphatic rings. The summed E-state index contributed by atoms with van der Waals surface area (Å²) < 4.78 is 20.9. The predicted molar refractivity (Wildman–Crippen MR) is 45.0 cm³/mol. The second-order valence-corrected chi connectivity index (χ2v) is 4.72. The normalized spacial score (nSPS) is 24.2. The molecule has 66 valence electrons. The summed E-state index contributed by atoms with van der Waals surface area (Å²) in [6, 6.07) is 0. The van der Waals surface area contributed by atoms with Crippen LogP contribution in [0.4, 0.5) is 0 Å². The minimum atomic E-state index is -1.85.